The maximum absolute atomic E-state index is 11.8. The highest BCUT2D eigenvalue weighted by atomic mass is 16.7. The summed E-state index contributed by atoms with van der Waals surface area (Å²) in [5.74, 6) is -2.08. The van der Waals surface area contributed by atoms with E-state index in [1.807, 2.05) is 13.0 Å². The Morgan fingerprint density at radius 2 is 1.76 bits per heavy atom. The maximum Gasteiger partial charge on any atom is 0.215 e. The Morgan fingerprint density at radius 1 is 0.981 bits per heavy atom. The average molecular weight is 759 g/mol. The van der Waals surface area contributed by atoms with Crippen LogP contribution in [0, 0.1) is 17.8 Å². The lowest BCUT2D eigenvalue weighted by Gasteiger charge is -2.50. The molecule has 0 aromatic heterocycles. The van der Waals surface area contributed by atoms with Crippen LogP contribution in [0.1, 0.15) is 125 Å². The number of carbonyl (C=O) groups is 1. The summed E-state index contributed by atoms with van der Waals surface area (Å²) in [6.07, 6.45) is 11.5. The van der Waals surface area contributed by atoms with Crippen LogP contribution in [-0.2, 0) is 38.0 Å². The standard InChI is InChI=1S/C43H66O11/c1-25-21-35(52-43(24-25)36(46)12-11-32(51-43)23-29(5)44)26(2)9-10-31-14-18-42(50-31)19-15-34-40(54-42)37(47)30(6)39(49-34)33(45)22-28(4)38-27(3)13-17-41(53-38)16-7-8-20-48-41/h9-10,24,26-28,31-40,45-47H,6-8,11-23H2,1-5H3. The van der Waals surface area contributed by atoms with Crippen molar-refractivity contribution in [1.82, 2.24) is 0 Å². The first kappa shape index (κ1) is 40.7. The summed E-state index contributed by atoms with van der Waals surface area (Å²) in [6.45, 7) is 15.0. The summed E-state index contributed by atoms with van der Waals surface area (Å²) in [7, 11) is 0. The van der Waals surface area contributed by atoms with Gasteiger partial charge in [0, 0.05) is 38.0 Å². The van der Waals surface area contributed by atoms with E-state index in [1.54, 1.807) is 6.92 Å². The van der Waals surface area contributed by atoms with Crippen molar-refractivity contribution < 1.29 is 53.3 Å². The number of carbonyl (C=O) groups excluding carboxylic acids is 1. The third kappa shape index (κ3) is 8.52. The van der Waals surface area contributed by atoms with Gasteiger partial charge in [0.25, 0.3) is 0 Å². The Balaban J connectivity index is 0.921. The number of ether oxygens (including phenoxy) is 7. The van der Waals surface area contributed by atoms with Gasteiger partial charge in [-0.05, 0) is 95.1 Å². The van der Waals surface area contributed by atoms with Crippen LogP contribution in [0.4, 0.5) is 0 Å². The summed E-state index contributed by atoms with van der Waals surface area (Å²) in [6, 6.07) is 0. The van der Waals surface area contributed by atoms with Gasteiger partial charge in [-0.1, -0.05) is 45.1 Å². The maximum atomic E-state index is 11.8. The zero-order valence-corrected chi connectivity index (χ0v) is 33.2. The molecule has 6 saturated heterocycles. The molecule has 16 atom stereocenters. The number of aliphatic hydroxyl groups excluding tert-OH is 3. The second-order valence-electron chi connectivity index (χ2n) is 18.0. The van der Waals surface area contributed by atoms with Gasteiger partial charge >= 0.3 is 0 Å². The van der Waals surface area contributed by atoms with Gasteiger partial charge in [0.05, 0.1) is 43.2 Å². The quantitative estimate of drug-likeness (QED) is 0.240. The van der Waals surface area contributed by atoms with Crippen LogP contribution in [0.15, 0.2) is 36.0 Å². The molecule has 7 rings (SSSR count). The molecule has 6 fully saturated rings. The van der Waals surface area contributed by atoms with Crippen LogP contribution in [0.25, 0.3) is 0 Å². The minimum Gasteiger partial charge on any atom is -0.390 e. The molecule has 0 saturated carbocycles. The number of aliphatic hydroxyl groups is 3. The normalized spacial score (nSPS) is 46.1. The Morgan fingerprint density at radius 3 is 2.52 bits per heavy atom. The van der Waals surface area contributed by atoms with Gasteiger partial charge in [-0.3, -0.25) is 4.79 Å². The second kappa shape index (κ2) is 16.4. The van der Waals surface area contributed by atoms with Gasteiger partial charge < -0.3 is 48.5 Å². The highest BCUT2D eigenvalue weighted by Gasteiger charge is 2.54. The molecular weight excluding hydrogens is 692 g/mol. The van der Waals surface area contributed by atoms with Crippen molar-refractivity contribution in [3.8, 4) is 0 Å². The molecule has 7 heterocycles. The van der Waals surface area contributed by atoms with Gasteiger partial charge in [-0.2, -0.15) is 0 Å². The molecule has 0 radical (unpaired) electrons. The largest absolute Gasteiger partial charge is 0.390 e. The van der Waals surface area contributed by atoms with E-state index in [4.69, 9.17) is 33.2 Å². The van der Waals surface area contributed by atoms with Crippen molar-refractivity contribution in [2.75, 3.05) is 6.61 Å². The lowest BCUT2D eigenvalue weighted by atomic mass is 9.79. The molecule has 54 heavy (non-hydrogen) atoms. The lowest BCUT2D eigenvalue weighted by Crippen LogP contribution is -2.60. The molecule has 304 valence electrons. The van der Waals surface area contributed by atoms with Gasteiger partial charge in [0.2, 0.25) is 5.79 Å². The van der Waals surface area contributed by atoms with Crippen LogP contribution in [0.3, 0.4) is 0 Å². The molecule has 7 aliphatic heterocycles. The topological polar surface area (TPSA) is 142 Å². The highest BCUT2D eigenvalue weighted by Crippen LogP contribution is 2.47. The molecule has 16 unspecified atom stereocenters. The van der Waals surface area contributed by atoms with Crippen molar-refractivity contribution in [3.05, 3.63) is 36.0 Å². The molecule has 0 bridgehead atoms. The Kier molecular flexibility index (Phi) is 12.3. The Labute approximate surface area is 321 Å². The first-order valence-corrected chi connectivity index (χ1v) is 21.0. The zero-order chi connectivity index (χ0) is 38.4. The van der Waals surface area contributed by atoms with E-state index in [1.165, 1.54) is 0 Å². The smallest absolute Gasteiger partial charge is 0.215 e. The van der Waals surface area contributed by atoms with Crippen LogP contribution in [0.5, 0.6) is 0 Å². The predicted molar refractivity (Wildman–Crippen MR) is 200 cm³/mol. The molecule has 3 N–H and O–H groups in total. The van der Waals surface area contributed by atoms with Gasteiger partial charge in [-0.25, -0.2) is 0 Å². The third-order valence-corrected chi connectivity index (χ3v) is 13.4. The highest BCUT2D eigenvalue weighted by molar-refractivity contribution is 5.76. The number of fused-ring (bicyclic) bond motifs is 1. The number of hydrogen-bond acceptors (Lipinski definition) is 11. The van der Waals surface area contributed by atoms with Gasteiger partial charge in [0.1, 0.15) is 30.2 Å². The van der Waals surface area contributed by atoms with Crippen molar-refractivity contribution >= 4 is 5.78 Å². The molecule has 7 aliphatic rings. The second-order valence-corrected chi connectivity index (χ2v) is 18.0. The van der Waals surface area contributed by atoms with Crippen LogP contribution in [-0.4, -0.2) is 106 Å². The Hall–Kier alpha value is -1.51. The van der Waals surface area contributed by atoms with Crippen LogP contribution >= 0.6 is 0 Å². The first-order chi connectivity index (χ1) is 25.7. The SMILES string of the molecule is C=C1C(O)C2OC3(CCC(C=CC(C)C4CC(C)=CC5(OC(CC(C)=O)CCC5O)O4)O3)CCC2OC1C(O)CC(C)C1OC2(CCCCO2)CCC1C. The Bertz CT molecular complexity index is 1410. The molecular formula is C43H66O11. The van der Waals surface area contributed by atoms with E-state index in [2.05, 4.69) is 39.5 Å². The van der Waals surface area contributed by atoms with E-state index in [9.17, 15) is 20.1 Å². The monoisotopic (exact) mass is 758 g/mol. The summed E-state index contributed by atoms with van der Waals surface area (Å²) in [4.78, 5) is 11.8. The van der Waals surface area contributed by atoms with Crippen molar-refractivity contribution in [3.63, 3.8) is 0 Å². The number of Topliss-reactive ketones (excluding diaryl/α,β-unsaturated/α-hetero) is 1. The van der Waals surface area contributed by atoms with E-state index < -0.39 is 47.9 Å². The fourth-order valence-electron chi connectivity index (χ4n) is 10.3. The molecule has 11 heteroatoms. The predicted octanol–water partition coefficient (Wildman–Crippen LogP) is 5.97. The fraction of sp³-hybridized carbons (Fsp3) is 0.837. The molecule has 11 nitrogen and oxygen atoms in total. The first-order valence-electron chi connectivity index (χ1n) is 21.0. The van der Waals surface area contributed by atoms with E-state index in [0.717, 1.165) is 50.7 Å². The van der Waals surface area contributed by atoms with Crippen LogP contribution < -0.4 is 0 Å². The minimum atomic E-state index is -1.25. The molecule has 0 aromatic carbocycles. The molecule has 0 aliphatic carbocycles. The van der Waals surface area contributed by atoms with Gasteiger partial charge in [-0.15, -0.1) is 0 Å². The van der Waals surface area contributed by atoms with E-state index >= 15 is 0 Å². The summed E-state index contributed by atoms with van der Waals surface area (Å²) in [5, 5.41) is 34.1. The number of ketones is 1. The third-order valence-electron chi connectivity index (χ3n) is 13.4. The van der Waals surface area contributed by atoms with Gasteiger partial charge in [0.15, 0.2) is 11.6 Å². The summed E-state index contributed by atoms with van der Waals surface area (Å²) < 4.78 is 45.3. The van der Waals surface area contributed by atoms with E-state index in [-0.39, 0.29) is 48.1 Å². The average Bonchev–Trinajstić information content (AvgIpc) is 3.53. The van der Waals surface area contributed by atoms with Crippen molar-refractivity contribution in [2.24, 2.45) is 17.8 Å². The molecule has 0 aromatic rings. The summed E-state index contributed by atoms with van der Waals surface area (Å²) in [5.41, 5.74) is 1.53. The number of hydrogen-bond donors (Lipinski definition) is 3. The lowest BCUT2D eigenvalue weighted by molar-refractivity contribution is -0.320. The van der Waals surface area contributed by atoms with Crippen LogP contribution in [0.2, 0.25) is 0 Å². The molecule has 3 spiro atoms. The summed E-state index contributed by atoms with van der Waals surface area (Å²) >= 11 is 0. The number of rotatable bonds is 9. The van der Waals surface area contributed by atoms with Crippen molar-refractivity contribution in [2.45, 2.75) is 203 Å². The zero-order valence-electron chi connectivity index (χ0n) is 33.2. The molecule has 0 amide bonds. The van der Waals surface area contributed by atoms with E-state index in [0.29, 0.717) is 62.9 Å². The minimum absolute atomic E-state index is 0.00359. The van der Waals surface area contributed by atoms with Crippen molar-refractivity contribution in [1.29, 1.82) is 0 Å². The fourth-order valence-corrected chi connectivity index (χ4v) is 10.3.